The lowest BCUT2D eigenvalue weighted by molar-refractivity contribution is 0.0662. The Bertz CT molecular complexity index is 572. The summed E-state index contributed by atoms with van der Waals surface area (Å²) in [6.45, 7) is 7.01. The number of fused-ring (bicyclic) bond motifs is 1. The molecular formula is C17H25N3O. The van der Waals surface area contributed by atoms with E-state index in [4.69, 9.17) is 9.72 Å². The van der Waals surface area contributed by atoms with Crippen LogP contribution in [-0.2, 0) is 17.8 Å². The van der Waals surface area contributed by atoms with Crippen LogP contribution in [0.25, 0.3) is 11.0 Å². The van der Waals surface area contributed by atoms with Gasteiger partial charge in [-0.3, -0.25) is 0 Å². The van der Waals surface area contributed by atoms with Gasteiger partial charge in [0.05, 0.1) is 17.6 Å². The monoisotopic (exact) mass is 287 g/mol. The minimum atomic E-state index is 0.753. The van der Waals surface area contributed by atoms with Crippen LogP contribution < -0.4 is 5.32 Å². The van der Waals surface area contributed by atoms with E-state index in [1.54, 1.807) is 0 Å². The molecule has 0 spiro atoms. The van der Waals surface area contributed by atoms with Crippen LogP contribution in [0.3, 0.4) is 0 Å². The van der Waals surface area contributed by atoms with E-state index in [1.165, 1.54) is 18.4 Å². The van der Waals surface area contributed by atoms with Crippen molar-refractivity contribution in [1.82, 2.24) is 14.9 Å². The van der Waals surface area contributed by atoms with Crippen molar-refractivity contribution in [3.63, 3.8) is 0 Å². The number of para-hydroxylation sites is 2. The van der Waals surface area contributed by atoms with Crippen LogP contribution in [0.5, 0.6) is 0 Å². The fourth-order valence-corrected chi connectivity index (χ4v) is 3.07. The molecule has 1 N–H and O–H groups in total. The van der Waals surface area contributed by atoms with Gasteiger partial charge in [-0.05, 0) is 43.9 Å². The summed E-state index contributed by atoms with van der Waals surface area (Å²) in [5, 5.41) is 3.59. The number of hydrogen-bond donors (Lipinski definition) is 1. The highest BCUT2D eigenvalue weighted by Crippen LogP contribution is 2.17. The van der Waals surface area contributed by atoms with Gasteiger partial charge in [0, 0.05) is 19.8 Å². The van der Waals surface area contributed by atoms with Crippen LogP contribution in [0.1, 0.15) is 32.0 Å². The molecule has 0 amide bonds. The van der Waals surface area contributed by atoms with E-state index in [2.05, 4.69) is 41.1 Å². The van der Waals surface area contributed by atoms with Gasteiger partial charge in [-0.1, -0.05) is 19.1 Å². The van der Waals surface area contributed by atoms with Gasteiger partial charge in [0.15, 0.2) is 0 Å². The van der Waals surface area contributed by atoms with Gasteiger partial charge < -0.3 is 14.6 Å². The summed E-state index contributed by atoms with van der Waals surface area (Å²) in [7, 11) is 0. The number of benzene rings is 1. The summed E-state index contributed by atoms with van der Waals surface area (Å²) in [5.41, 5.74) is 2.36. The number of aryl methyl sites for hydroxylation is 1. The molecule has 1 saturated heterocycles. The average Bonchev–Trinajstić information content (AvgIpc) is 2.87. The van der Waals surface area contributed by atoms with E-state index in [1.807, 2.05) is 0 Å². The molecule has 1 aromatic heterocycles. The molecule has 1 aliphatic rings. The minimum absolute atomic E-state index is 0.753. The Morgan fingerprint density at radius 1 is 1.29 bits per heavy atom. The van der Waals surface area contributed by atoms with Crippen molar-refractivity contribution < 1.29 is 4.74 Å². The normalized spacial score (nSPS) is 16.6. The highest BCUT2D eigenvalue weighted by molar-refractivity contribution is 5.75. The number of nitrogens with zero attached hydrogens (tertiary/aromatic N) is 2. The van der Waals surface area contributed by atoms with Gasteiger partial charge in [-0.25, -0.2) is 4.98 Å². The molecule has 3 rings (SSSR count). The maximum Gasteiger partial charge on any atom is 0.123 e. The molecule has 2 heterocycles. The second-order valence-corrected chi connectivity index (χ2v) is 5.86. The maximum absolute atomic E-state index is 5.41. The quantitative estimate of drug-likeness (QED) is 0.888. The molecule has 1 aromatic carbocycles. The number of rotatable bonds is 6. The summed E-state index contributed by atoms with van der Waals surface area (Å²) in [6, 6.07) is 8.42. The Balaban J connectivity index is 1.66. The lowest BCUT2D eigenvalue weighted by Gasteiger charge is -2.22. The van der Waals surface area contributed by atoms with E-state index in [9.17, 15) is 0 Å². The Morgan fingerprint density at radius 2 is 2.10 bits per heavy atom. The standard InChI is InChI=1S/C17H25N3O/c1-2-9-20-16-6-4-3-5-15(16)19-17(20)13-18-12-14-7-10-21-11-8-14/h3-6,14,18H,2,7-13H2,1H3. The summed E-state index contributed by atoms with van der Waals surface area (Å²) in [4.78, 5) is 4.79. The zero-order chi connectivity index (χ0) is 14.5. The predicted octanol–water partition coefficient (Wildman–Crippen LogP) is 2.96. The van der Waals surface area contributed by atoms with Crippen molar-refractivity contribution >= 4 is 11.0 Å². The third-order valence-corrected chi connectivity index (χ3v) is 4.24. The predicted molar refractivity (Wildman–Crippen MR) is 85.3 cm³/mol. The third kappa shape index (κ3) is 3.44. The number of hydrogen-bond acceptors (Lipinski definition) is 3. The smallest absolute Gasteiger partial charge is 0.123 e. The fraction of sp³-hybridized carbons (Fsp3) is 0.588. The SMILES string of the molecule is CCCn1c(CNCC2CCOCC2)nc2ccccc21. The van der Waals surface area contributed by atoms with Gasteiger partial charge in [-0.2, -0.15) is 0 Å². The van der Waals surface area contributed by atoms with Crippen LogP contribution in [0.2, 0.25) is 0 Å². The summed E-state index contributed by atoms with van der Waals surface area (Å²) >= 11 is 0. The lowest BCUT2D eigenvalue weighted by Crippen LogP contribution is -2.28. The van der Waals surface area contributed by atoms with Crippen LogP contribution in [0.4, 0.5) is 0 Å². The largest absolute Gasteiger partial charge is 0.381 e. The molecular weight excluding hydrogens is 262 g/mol. The number of ether oxygens (including phenoxy) is 1. The topological polar surface area (TPSA) is 39.1 Å². The molecule has 1 aliphatic heterocycles. The van der Waals surface area contributed by atoms with E-state index in [0.717, 1.165) is 56.5 Å². The molecule has 114 valence electrons. The first kappa shape index (κ1) is 14.5. The Hall–Kier alpha value is -1.39. The average molecular weight is 287 g/mol. The van der Waals surface area contributed by atoms with E-state index < -0.39 is 0 Å². The highest BCUT2D eigenvalue weighted by Gasteiger charge is 2.14. The van der Waals surface area contributed by atoms with Crippen molar-refractivity contribution in [3.05, 3.63) is 30.1 Å². The molecule has 0 bridgehead atoms. The van der Waals surface area contributed by atoms with Crippen molar-refractivity contribution in [1.29, 1.82) is 0 Å². The first-order valence-corrected chi connectivity index (χ1v) is 8.11. The molecule has 21 heavy (non-hydrogen) atoms. The van der Waals surface area contributed by atoms with E-state index >= 15 is 0 Å². The Morgan fingerprint density at radius 3 is 2.90 bits per heavy atom. The lowest BCUT2D eigenvalue weighted by atomic mass is 10.0. The summed E-state index contributed by atoms with van der Waals surface area (Å²) < 4.78 is 7.76. The van der Waals surface area contributed by atoms with Gasteiger partial charge in [-0.15, -0.1) is 0 Å². The second-order valence-electron chi connectivity index (χ2n) is 5.86. The minimum Gasteiger partial charge on any atom is -0.381 e. The Kier molecular flexibility index (Phi) is 4.88. The summed E-state index contributed by atoms with van der Waals surface area (Å²) in [6.07, 6.45) is 3.49. The number of nitrogens with one attached hydrogen (secondary N) is 1. The fourth-order valence-electron chi connectivity index (χ4n) is 3.07. The zero-order valence-corrected chi connectivity index (χ0v) is 12.8. The molecule has 0 saturated carbocycles. The van der Waals surface area contributed by atoms with Crippen LogP contribution in [0.15, 0.2) is 24.3 Å². The molecule has 2 aromatic rings. The first-order valence-electron chi connectivity index (χ1n) is 8.11. The molecule has 0 atom stereocenters. The maximum atomic E-state index is 5.41. The molecule has 4 heteroatoms. The molecule has 4 nitrogen and oxygen atoms in total. The number of aromatic nitrogens is 2. The second kappa shape index (κ2) is 7.05. The molecule has 0 radical (unpaired) electrons. The molecule has 0 aliphatic carbocycles. The first-order chi connectivity index (χ1) is 10.4. The van der Waals surface area contributed by atoms with Crippen molar-refractivity contribution in [3.8, 4) is 0 Å². The zero-order valence-electron chi connectivity index (χ0n) is 12.8. The van der Waals surface area contributed by atoms with Crippen molar-refractivity contribution in [2.45, 2.75) is 39.3 Å². The Labute approximate surface area is 126 Å². The van der Waals surface area contributed by atoms with Gasteiger partial charge >= 0.3 is 0 Å². The summed E-state index contributed by atoms with van der Waals surface area (Å²) in [5.74, 6) is 1.91. The third-order valence-electron chi connectivity index (χ3n) is 4.24. The van der Waals surface area contributed by atoms with Gasteiger partial charge in [0.2, 0.25) is 0 Å². The molecule has 0 unspecified atom stereocenters. The van der Waals surface area contributed by atoms with Gasteiger partial charge in [0.1, 0.15) is 5.82 Å². The van der Waals surface area contributed by atoms with Crippen LogP contribution in [0, 0.1) is 5.92 Å². The van der Waals surface area contributed by atoms with Crippen molar-refractivity contribution in [2.75, 3.05) is 19.8 Å². The van der Waals surface area contributed by atoms with Gasteiger partial charge in [0.25, 0.3) is 0 Å². The van der Waals surface area contributed by atoms with Crippen molar-refractivity contribution in [2.24, 2.45) is 5.92 Å². The highest BCUT2D eigenvalue weighted by atomic mass is 16.5. The van der Waals surface area contributed by atoms with E-state index in [-0.39, 0.29) is 0 Å². The number of imidazole rings is 1. The van der Waals surface area contributed by atoms with Crippen LogP contribution in [-0.4, -0.2) is 29.3 Å². The molecule has 1 fully saturated rings. The van der Waals surface area contributed by atoms with E-state index in [0.29, 0.717) is 0 Å². The van der Waals surface area contributed by atoms with Crippen LogP contribution >= 0.6 is 0 Å².